The summed E-state index contributed by atoms with van der Waals surface area (Å²) in [7, 11) is 1.56. The molecule has 0 unspecified atom stereocenters. The molecule has 0 radical (unpaired) electrons. The molecule has 0 N–H and O–H groups in total. The number of aromatic nitrogens is 4. The van der Waals surface area contributed by atoms with Crippen LogP contribution in [0.25, 0.3) is 22.4 Å². The first kappa shape index (κ1) is 20.9. The number of rotatable bonds is 6. The Bertz CT molecular complexity index is 1560. The van der Waals surface area contributed by atoms with Crippen molar-refractivity contribution in [3.05, 3.63) is 94.5 Å². The van der Waals surface area contributed by atoms with Crippen molar-refractivity contribution >= 4 is 34.2 Å². The number of carbonyl (C=O) groups excluding carboxylic acids is 1. The van der Waals surface area contributed by atoms with Crippen LogP contribution in [0.1, 0.15) is 10.4 Å². The van der Waals surface area contributed by atoms with E-state index in [0.717, 1.165) is 0 Å². The van der Waals surface area contributed by atoms with Crippen LogP contribution in [0.4, 0.5) is 4.39 Å². The van der Waals surface area contributed by atoms with E-state index >= 15 is 0 Å². The molecule has 0 amide bonds. The van der Waals surface area contributed by atoms with Gasteiger partial charge in [-0.2, -0.15) is 0 Å². The number of thioether (sulfide) groups is 1. The number of ether oxygens (including phenoxy) is 1. The van der Waals surface area contributed by atoms with Gasteiger partial charge in [-0.05, 0) is 48.5 Å². The molecule has 2 heterocycles. The van der Waals surface area contributed by atoms with Crippen LogP contribution in [-0.4, -0.2) is 37.8 Å². The van der Waals surface area contributed by atoms with Crippen molar-refractivity contribution in [3.63, 3.8) is 0 Å². The van der Waals surface area contributed by atoms with Gasteiger partial charge in [0.2, 0.25) is 5.78 Å². The number of hydrogen-bond donors (Lipinski definition) is 0. The molecule has 3 aromatic carbocycles. The van der Waals surface area contributed by atoms with Crippen LogP contribution < -0.4 is 10.3 Å². The summed E-state index contributed by atoms with van der Waals surface area (Å²) in [5, 5.41) is 9.50. The number of halogens is 1. The summed E-state index contributed by atoms with van der Waals surface area (Å²) in [5.41, 5.74) is 1.40. The lowest BCUT2D eigenvalue weighted by atomic mass is 10.1. The summed E-state index contributed by atoms with van der Waals surface area (Å²) in [4.78, 5) is 26.0. The van der Waals surface area contributed by atoms with Crippen molar-refractivity contribution in [3.8, 4) is 11.4 Å². The van der Waals surface area contributed by atoms with Gasteiger partial charge in [-0.1, -0.05) is 30.0 Å². The van der Waals surface area contributed by atoms with Gasteiger partial charge in [0.25, 0.3) is 5.56 Å². The topological polar surface area (TPSA) is 78.5 Å². The first-order valence-corrected chi connectivity index (χ1v) is 11.0. The van der Waals surface area contributed by atoms with E-state index in [0.29, 0.717) is 38.8 Å². The number of fused-ring (bicyclic) bond motifs is 3. The normalized spacial score (nSPS) is 11.2. The maximum atomic E-state index is 13.4. The zero-order valence-electron chi connectivity index (χ0n) is 17.4. The monoisotopic (exact) mass is 460 g/mol. The van der Waals surface area contributed by atoms with Crippen LogP contribution in [0.15, 0.2) is 82.7 Å². The Labute approximate surface area is 191 Å². The second kappa shape index (κ2) is 8.51. The van der Waals surface area contributed by atoms with Gasteiger partial charge in [-0.25, -0.2) is 8.96 Å². The van der Waals surface area contributed by atoms with Crippen LogP contribution >= 0.6 is 11.8 Å². The summed E-state index contributed by atoms with van der Waals surface area (Å²) >= 11 is 1.20. The van der Waals surface area contributed by atoms with Crippen LogP contribution in [0, 0.1) is 5.82 Å². The van der Waals surface area contributed by atoms with Crippen LogP contribution in [0.3, 0.4) is 0 Å². The molecule has 5 rings (SSSR count). The Morgan fingerprint density at radius 2 is 1.82 bits per heavy atom. The Balaban J connectivity index is 1.63. The minimum absolute atomic E-state index is 0.0824. The van der Waals surface area contributed by atoms with Gasteiger partial charge in [-0.3, -0.25) is 14.0 Å². The molecule has 0 spiro atoms. The number of methoxy groups -OCH3 is 1. The summed E-state index contributed by atoms with van der Waals surface area (Å²) < 4.78 is 21.7. The highest BCUT2D eigenvalue weighted by atomic mass is 32.2. The minimum atomic E-state index is -0.398. The van der Waals surface area contributed by atoms with E-state index in [1.807, 2.05) is 12.1 Å². The van der Waals surface area contributed by atoms with Gasteiger partial charge in [0.05, 0.1) is 29.5 Å². The molecular weight excluding hydrogens is 443 g/mol. The number of benzene rings is 3. The molecule has 164 valence electrons. The quantitative estimate of drug-likeness (QED) is 0.280. The number of carbonyl (C=O) groups is 1. The lowest BCUT2D eigenvalue weighted by Crippen LogP contribution is -2.22. The van der Waals surface area contributed by atoms with Crippen LogP contribution in [0.5, 0.6) is 5.75 Å². The van der Waals surface area contributed by atoms with Crippen molar-refractivity contribution < 1.29 is 13.9 Å². The van der Waals surface area contributed by atoms with Gasteiger partial charge in [-0.15, -0.1) is 10.2 Å². The molecule has 0 aliphatic carbocycles. The molecule has 0 fully saturated rings. The standard InChI is InChI=1S/C24H17FN4O3S/c1-32-18-6-4-5-17(13-18)28-22(31)19-7-2-3-8-20(19)29-23(28)26-27-24(29)33-14-21(30)15-9-11-16(25)12-10-15/h2-13H,14H2,1H3. The molecule has 2 aromatic heterocycles. The third-order valence-electron chi connectivity index (χ3n) is 5.20. The molecule has 0 aliphatic rings. The lowest BCUT2D eigenvalue weighted by molar-refractivity contribution is 0.102. The first-order chi connectivity index (χ1) is 16.1. The Hall–Kier alpha value is -3.98. The molecule has 9 heteroatoms. The molecule has 0 atom stereocenters. The number of ketones is 1. The molecule has 5 aromatic rings. The predicted octanol–water partition coefficient (Wildman–Crippen LogP) is 4.16. The molecule has 7 nitrogen and oxygen atoms in total. The molecule has 0 saturated heterocycles. The summed E-state index contributed by atoms with van der Waals surface area (Å²) in [6.45, 7) is 0. The molecular formula is C24H17FN4O3S. The van der Waals surface area contributed by atoms with E-state index in [1.165, 1.54) is 40.6 Å². The van der Waals surface area contributed by atoms with Crippen molar-refractivity contribution in [2.75, 3.05) is 12.9 Å². The van der Waals surface area contributed by atoms with Crippen molar-refractivity contribution in [1.82, 2.24) is 19.2 Å². The fraction of sp³-hybridized carbons (Fsp3) is 0.0833. The second-order valence-corrected chi connectivity index (χ2v) is 8.14. The third-order valence-corrected chi connectivity index (χ3v) is 6.13. The summed E-state index contributed by atoms with van der Waals surface area (Å²) in [5.74, 6) is 0.444. The van der Waals surface area contributed by atoms with E-state index in [9.17, 15) is 14.0 Å². The second-order valence-electron chi connectivity index (χ2n) is 7.20. The molecule has 33 heavy (non-hydrogen) atoms. The molecule has 0 saturated carbocycles. The SMILES string of the molecule is COc1cccc(-n2c(=O)c3ccccc3n3c(SCC(=O)c4ccc(F)cc4)nnc23)c1. The largest absolute Gasteiger partial charge is 0.497 e. The summed E-state index contributed by atoms with van der Waals surface area (Å²) in [6, 6.07) is 19.7. The number of para-hydroxylation sites is 1. The third kappa shape index (κ3) is 3.76. The van der Waals surface area contributed by atoms with Gasteiger partial charge in [0.1, 0.15) is 11.6 Å². The van der Waals surface area contributed by atoms with Crippen LogP contribution in [0.2, 0.25) is 0 Å². The van der Waals surface area contributed by atoms with E-state index in [4.69, 9.17) is 4.74 Å². The fourth-order valence-corrected chi connectivity index (χ4v) is 4.44. The van der Waals surface area contributed by atoms with Gasteiger partial charge < -0.3 is 4.74 Å². The van der Waals surface area contributed by atoms with Gasteiger partial charge in [0, 0.05) is 11.6 Å². The highest BCUT2D eigenvalue weighted by molar-refractivity contribution is 7.99. The molecule has 0 aliphatic heterocycles. The van der Waals surface area contributed by atoms with Crippen LogP contribution in [-0.2, 0) is 0 Å². The number of nitrogens with zero attached hydrogens (tertiary/aromatic N) is 4. The van der Waals surface area contributed by atoms with Crippen molar-refractivity contribution in [1.29, 1.82) is 0 Å². The van der Waals surface area contributed by atoms with E-state index < -0.39 is 5.82 Å². The average molecular weight is 460 g/mol. The van der Waals surface area contributed by atoms with Gasteiger partial charge >= 0.3 is 0 Å². The smallest absolute Gasteiger partial charge is 0.267 e. The zero-order valence-corrected chi connectivity index (χ0v) is 18.3. The molecule has 0 bridgehead atoms. The highest BCUT2D eigenvalue weighted by Gasteiger charge is 2.19. The zero-order chi connectivity index (χ0) is 22.9. The van der Waals surface area contributed by atoms with Gasteiger partial charge in [0.15, 0.2) is 10.9 Å². The minimum Gasteiger partial charge on any atom is -0.497 e. The van der Waals surface area contributed by atoms with Crippen molar-refractivity contribution in [2.45, 2.75) is 5.16 Å². The Morgan fingerprint density at radius 3 is 2.61 bits per heavy atom. The Morgan fingerprint density at radius 1 is 1.03 bits per heavy atom. The number of hydrogen-bond acceptors (Lipinski definition) is 6. The maximum absolute atomic E-state index is 13.4. The Kier molecular flexibility index (Phi) is 5.39. The maximum Gasteiger partial charge on any atom is 0.267 e. The summed E-state index contributed by atoms with van der Waals surface area (Å²) in [6.07, 6.45) is 0. The lowest BCUT2D eigenvalue weighted by Gasteiger charge is -2.12. The average Bonchev–Trinajstić information content (AvgIpc) is 3.27. The van der Waals surface area contributed by atoms with E-state index in [2.05, 4.69) is 10.2 Å². The van der Waals surface area contributed by atoms with E-state index in [-0.39, 0.29) is 17.1 Å². The fourth-order valence-electron chi connectivity index (χ4n) is 3.60. The number of Topliss-reactive ketones (excluding diaryl/α,β-unsaturated/α-hetero) is 1. The first-order valence-electron chi connectivity index (χ1n) is 10.0. The predicted molar refractivity (Wildman–Crippen MR) is 124 cm³/mol. The van der Waals surface area contributed by atoms with E-state index in [1.54, 1.807) is 47.9 Å². The highest BCUT2D eigenvalue weighted by Crippen LogP contribution is 2.25. The van der Waals surface area contributed by atoms with Crippen molar-refractivity contribution in [2.24, 2.45) is 0 Å².